The van der Waals surface area contributed by atoms with Crippen LogP contribution in [0, 0.1) is 0 Å². The Morgan fingerprint density at radius 3 is 1.69 bits per heavy atom. The summed E-state index contributed by atoms with van der Waals surface area (Å²) in [6, 6.07) is 15.3. The van der Waals surface area contributed by atoms with Crippen LogP contribution in [-0.2, 0) is 13.1 Å². The van der Waals surface area contributed by atoms with Crippen molar-refractivity contribution in [2.24, 2.45) is 0 Å². The van der Waals surface area contributed by atoms with E-state index in [1.807, 2.05) is 0 Å². The molecule has 0 aliphatic rings. The predicted octanol–water partition coefficient (Wildman–Crippen LogP) is 4.26. The summed E-state index contributed by atoms with van der Waals surface area (Å²) in [4.78, 5) is 36.2. The van der Waals surface area contributed by atoms with Crippen molar-refractivity contribution in [1.82, 2.24) is 10.6 Å². The fourth-order valence-electron chi connectivity index (χ4n) is 2.92. The van der Waals surface area contributed by atoms with Crippen LogP contribution >= 0.6 is 23.2 Å². The molecule has 3 rings (SSSR count). The summed E-state index contributed by atoms with van der Waals surface area (Å²) in [6.45, 7) is -0.104. The van der Waals surface area contributed by atoms with Crippen molar-refractivity contribution in [3.05, 3.63) is 98.5 Å². The topological polar surface area (TPSA) is 116 Å². The third-order valence-electron chi connectivity index (χ3n) is 4.58. The summed E-state index contributed by atoms with van der Waals surface area (Å²) >= 11 is 11.6. The molecule has 3 aromatic carbocycles. The lowest BCUT2D eigenvalue weighted by atomic mass is 10.0. The lowest BCUT2D eigenvalue weighted by Crippen LogP contribution is -2.24. The first-order chi connectivity index (χ1) is 15.2. The van der Waals surface area contributed by atoms with Gasteiger partial charge in [0.25, 0.3) is 11.8 Å². The predicted molar refractivity (Wildman–Crippen MR) is 120 cm³/mol. The van der Waals surface area contributed by atoms with Gasteiger partial charge in [-0.05, 0) is 66.2 Å². The number of benzene rings is 3. The quantitative estimate of drug-likeness (QED) is 0.410. The number of rotatable bonds is 7. The number of hydrogen-bond donors (Lipinski definition) is 4. The first-order valence-corrected chi connectivity index (χ1v) is 10.2. The molecule has 0 aliphatic carbocycles. The molecule has 32 heavy (non-hydrogen) atoms. The molecule has 0 saturated heterocycles. The highest BCUT2D eigenvalue weighted by Crippen LogP contribution is 2.25. The SMILES string of the molecule is O=C(NCc1cc(CNC(=O)c2ccc(Cl)cc2)c(O)c(C(=O)O)c1)c1ccc(Cl)cc1. The van der Waals surface area contributed by atoms with Gasteiger partial charge in [0.2, 0.25) is 0 Å². The largest absolute Gasteiger partial charge is 0.507 e. The third-order valence-corrected chi connectivity index (χ3v) is 5.09. The minimum atomic E-state index is -1.33. The smallest absolute Gasteiger partial charge is 0.339 e. The number of aromatic hydroxyl groups is 1. The Morgan fingerprint density at radius 1 is 0.750 bits per heavy atom. The van der Waals surface area contributed by atoms with E-state index in [2.05, 4.69) is 10.6 Å². The van der Waals surface area contributed by atoms with Gasteiger partial charge in [0, 0.05) is 39.8 Å². The number of carbonyl (C=O) groups is 3. The van der Waals surface area contributed by atoms with E-state index in [0.29, 0.717) is 26.7 Å². The minimum Gasteiger partial charge on any atom is -0.507 e. The molecule has 0 heterocycles. The molecule has 0 aromatic heterocycles. The van der Waals surface area contributed by atoms with Crippen LogP contribution < -0.4 is 10.6 Å². The van der Waals surface area contributed by atoms with Crippen LogP contribution in [0.25, 0.3) is 0 Å². The van der Waals surface area contributed by atoms with E-state index < -0.39 is 17.6 Å². The zero-order valence-electron chi connectivity index (χ0n) is 16.6. The number of phenols is 1. The lowest BCUT2D eigenvalue weighted by Gasteiger charge is -2.13. The van der Waals surface area contributed by atoms with Gasteiger partial charge in [-0.3, -0.25) is 9.59 Å². The molecule has 164 valence electrons. The molecule has 0 radical (unpaired) electrons. The summed E-state index contributed by atoms with van der Waals surface area (Å²) in [5.74, 6) is -2.58. The van der Waals surface area contributed by atoms with Crippen LogP contribution in [0.2, 0.25) is 10.0 Å². The van der Waals surface area contributed by atoms with Gasteiger partial charge in [0.1, 0.15) is 11.3 Å². The van der Waals surface area contributed by atoms with E-state index in [1.54, 1.807) is 48.5 Å². The summed E-state index contributed by atoms with van der Waals surface area (Å²) in [5.41, 5.74) is 1.06. The van der Waals surface area contributed by atoms with E-state index in [0.717, 1.165) is 0 Å². The van der Waals surface area contributed by atoms with Crippen molar-refractivity contribution in [3.8, 4) is 5.75 Å². The van der Waals surface area contributed by atoms with Crippen LogP contribution in [0.4, 0.5) is 0 Å². The van der Waals surface area contributed by atoms with E-state index in [1.165, 1.54) is 12.1 Å². The van der Waals surface area contributed by atoms with Gasteiger partial charge < -0.3 is 20.8 Å². The highest BCUT2D eigenvalue weighted by molar-refractivity contribution is 6.31. The van der Waals surface area contributed by atoms with Gasteiger partial charge in [-0.1, -0.05) is 23.2 Å². The molecule has 9 heteroatoms. The molecule has 0 aliphatic heterocycles. The molecule has 0 bridgehead atoms. The number of aromatic carboxylic acids is 1. The van der Waals surface area contributed by atoms with Gasteiger partial charge in [-0.15, -0.1) is 0 Å². The Bertz CT molecular complexity index is 1160. The second-order valence-electron chi connectivity index (χ2n) is 6.84. The van der Waals surface area contributed by atoms with Crippen molar-refractivity contribution >= 4 is 41.0 Å². The average Bonchev–Trinajstić information content (AvgIpc) is 2.77. The molecule has 3 aromatic rings. The number of carboxylic acid groups (broad SMARTS) is 1. The minimum absolute atomic E-state index is 0.0140. The molecule has 0 fully saturated rings. The van der Waals surface area contributed by atoms with Gasteiger partial charge in [0.15, 0.2) is 0 Å². The van der Waals surface area contributed by atoms with Crippen molar-refractivity contribution in [2.75, 3.05) is 0 Å². The zero-order valence-corrected chi connectivity index (χ0v) is 18.1. The lowest BCUT2D eigenvalue weighted by molar-refractivity contribution is 0.0693. The molecule has 0 saturated carbocycles. The Morgan fingerprint density at radius 2 is 1.22 bits per heavy atom. The number of carbonyl (C=O) groups excluding carboxylic acids is 2. The van der Waals surface area contributed by atoms with Gasteiger partial charge in [0.05, 0.1) is 0 Å². The fourth-order valence-corrected chi connectivity index (χ4v) is 3.18. The van der Waals surface area contributed by atoms with Crippen LogP contribution in [0.15, 0.2) is 60.7 Å². The number of hydrogen-bond acceptors (Lipinski definition) is 4. The number of halogens is 2. The Kier molecular flexibility index (Phi) is 7.35. The summed E-state index contributed by atoms with van der Waals surface area (Å²) in [6.07, 6.45) is 0. The van der Waals surface area contributed by atoms with Crippen molar-refractivity contribution < 1.29 is 24.6 Å². The average molecular weight is 473 g/mol. The van der Waals surface area contributed by atoms with Gasteiger partial charge in [-0.2, -0.15) is 0 Å². The van der Waals surface area contributed by atoms with Gasteiger partial charge >= 0.3 is 5.97 Å². The van der Waals surface area contributed by atoms with E-state index >= 15 is 0 Å². The molecule has 7 nitrogen and oxygen atoms in total. The maximum Gasteiger partial charge on any atom is 0.339 e. The summed E-state index contributed by atoms with van der Waals surface area (Å²) < 4.78 is 0. The normalized spacial score (nSPS) is 10.4. The maximum atomic E-state index is 12.3. The molecule has 0 unspecified atom stereocenters. The molecule has 0 spiro atoms. The van der Waals surface area contributed by atoms with Crippen LogP contribution in [0.1, 0.15) is 42.2 Å². The second kappa shape index (κ2) is 10.2. The van der Waals surface area contributed by atoms with Crippen molar-refractivity contribution in [3.63, 3.8) is 0 Å². The Balaban J connectivity index is 1.75. The molecular weight excluding hydrogens is 455 g/mol. The number of amides is 2. The fraction of sp³-hybridized carbons (Fsp3) is 0.0870. The number of carboxylic acids is 1. The van der Waals surface area contributed by atoms with E-state index in [9.17, 15) is 24.6 Å². The molecular formula is C23H18Cl2N2O5. The zero-order chi connectivity index (χ0) is 23.3. The standard InChI is InChI=1S/C23H18Cl2N2O5/c24-17-5-1-14(2-6-17)21(29)26-11-13-9-16(20(28)19(10-13)23(31)32)12-27-22(30)15-3-7-18(25)8-4-15/h1-10,28H,11-12H2,(H,26,29)(H,27,30)(H,31,32). The first-order valence-electron chi connectivity index (χ1n) is 9.40. The highest BCUT2D eigenvalue weighted by Gasteiger charge is 2.17. The van der Waals surface area contributed by atoms with Crippen molar-refractivity contribution in [2.45, 2.75) is 13.1 Å². The van der Waals surface area contributed by atoms with Crippen LogP contribution in [0.5, 0.6) is 5.75 Å². The van der Waals surface area contributed by atoms with E-state index in [4.69, 9.17) is 23.2 Å². The highest BCUT2D eigenvalue weighted by atomic mass is 35.5. The Labute approximate surface area is 193 Å². The molecule has 0 atom stereocenters. The third kappa shape index (κ3) is 5.78. The first kappa shape index (κ1) is 23.1. The monoisotopic (exact) mass is 472 g/mol. The van der Waals surface area contributed by atoms with E-state index in [-0.39, 0.29) is 30.1 Å². The number of nitrogens with one attached hydrogen (secondary N) is 2. The molecule has 2 amide bonds. The second-order valence-corrected chi connectivity index (χ2v) is 7.71. The summed E-state index contributed by atoms with van der Waals surface area (Å²) in [5, 5.41) is 26.1. The van der Waals surface area contributed by atoms with Crippen LogP contribution in [-0.4, -0.2) is 28.0 Å². The molecule has 4 N–H and O–H groups in total. The van der Waals surface area contributed by atoms with Gasteiger partial charge in [-0.25, -0.2) is 4.79 Å². The summed E-state index contributed by atoms with van der Waals surface area (Å²) in [7, 11) is 0. The van der Waals surface area contributed by atoms with Crippen molar-refractivity contribution in [1.29, 1.82) is 0 Å². The van der Waals surface area contributed by atoms with Crippen LogP contribution in [0.3, 0.4) is 0 Å². The Hall–Kier alpha value is -3.55. The maximum absolute atomic E-state index is 12.3.